The maximum atomic E-state index is 12.8. The lowest BCUT2D eigenvalue weighted by atomic mass is 10.1. The van der Waals surface area contributed by atoms with Crippen molar-refractivity contribution < 1.29 is 14.0 Å². The number of hydrogen-bond donors (Lipinski definition) is 2. The van der Waals surface area contributed by atoms with Gasteiger partial charge in [-0.1, -0.05) is 36.4 Å². The number of aromatic amines is 1. The van der Waals surface area contributed by atoms with Gasteiger partial charge in [0.05, 0.1) is 0 Å². The molecule has 8 nitrogen and oxygen atoms in total. The molecule has 1 fully saturated rings. The van der Waals surface area contributed by atoms with E-state index in [9.17, 15) is 9.59 Å². The molecule has 29 heavy (non-hydrogen) atoms. The number of fused-ring (bicyclic) bond motifs is 1. The second kappa shape index (κ2) is 6.90. The molecule has 0 unspecified atom stereocenters. The lowest BCUT2D eigenvalue weighted by molar-refractivity contribution is -0.128. The summed E-state index contributed by atoms with van der Waals surface area (Å²) in [6, 6.07) is 16.1. The van der Waals surface area contributed by atoms with Crippen LogP contribution in [0.5, 0.6) is 0 Å². The molecule has 1 saturated heterocycles. The molecular weight excluding hydrogens is 370 g/mol. The van der Waals surface area contributed by atoms with Gasteiger partial charge in [-0.05, 0) is 23.8 Å². The van der Waals surface area contributed by atoms with Crippen molar-refractivity contribution in [3.05, 3.63) is 72.2 Å². The van der Waals surface area contributed by atoms with Gasteiger partial charge in [0.25, 0.3) is 5.91 Å². The third-order valence-electron chi connectivity index (χ3n) is 4.99. The lowest BCUT2D eigenvalue weighted by Crippen LogP contribution is -2.32. The van der Waals surface area contributed by atoms with E-state index in [4.69, 9.17) is 4.42 Å². The van der Waals surface area contributed by atoms with Crippen molar-refractivity contribution in [2.45, 2.75) is 19.0 Å². The van der Waals surface area contributed by atoms with Crippen LogP contribution in [-0.2, 0) is 17.8 Å². The molecule has 2 aromatic heterocycles. The molecule has 1 aliphatic heterocycles. The van der Waals surface area contributed by atoms with Crippen LogP contribution in [0.15, 0.2) is 65.2 Å². The topological polar surface area (TPSA) is 104 Å². The van der Waals surface area contributed by atoms with Crippen molar-refractivity contribution in [2.75, 3.05) is 0 Å². The number of nitrogens with one attached hydrogen (secondary N) is 2. The number of aromatic nitrogens is 3. The molecule has 3 amide bonds. The van der Waals surface area contributed by atoms with Crippen molar-refractivity contribution in [1.82, 2.24) is 25.4 Å². The van der Waals surface area contributed by atoms with Crippen LogP contribution in [0.3, 0.4) is 0 Å². The van der Waals surface area contributed by atoms with Gasteiger partial charge < -0.3 is 14.7 Å². The van der Waals surface area contributed by atoms with Crippen molar-refractivity contribution in [2.24, 2.45) is 0 Å². The van der Waals surface area contributed by atoms with Gasteiger partial charge in [0, 0.05) is 29.1 Å². The second-order valence-electron chi connectivity index (χ2n) is 6.86. The van der Waals surface area contributed by atoms with Crippen molar-refractivity contribution in [3.8, 4) is 11.5 Å². The number of imide groups is 1. The van der Waals surface area contributed by atoms with Crippen LogP contribution in [0.1, 0.15) is 11.5 Å². The molecule has 144 valence electrons. The zero-order chi connectivity index (χ0) is 19.8. The van der Waals surface area contributed by atoms with E-state index < -0.39 is 12.1 Å². The molecule has 8 heteroatoms. The van der Waals surface area contributed by atoms with Crippen molar-refractivity contribution >= 4 is 22.8 Å². The molecular formula is C21H17N5O3. The Morgan fingerprint density at radius 1 is 1.00 bits per heavy atom. The molecule has 3 heterocycles. The molecule has 0 bridgehead atoms. The second-order valence-corrected chi connectivity index (χ2v) is 6.86. The van der Waals surface area contributed by atoms with E-state index in [0.717, 1.165) is 26.9 Å². The summed E-state index contributed by atoms with van der Waals surface area (Å²) in [7, 11) is 0. The minimum Gasteiger partial charge on any atom is -0.419 e. The molecule has 2 aromatic carbocycles. The molecule has 0 aliphatic carbocycles. The highest BCUT2D eigenvalue weighted by Gasteiger charge is 2.39. The molecule has 0 saturated carbocycles. The third kappa shape index (κ3) is 3.14. The summed E-state index contributed by atoms with van der Waals surface area (Å²) in [5.74, 6) is 0.253. The molecule has 2 N–H and O–H groups in total. The van der Waals surface area contributed by atoms with Crippen LogP contribution < -0.4 is 5.32 Å². The van der Waals surface area contributed by atoms with Gasteiger partial charge in [0.2, 0.25) is 11.8 Å². The minimum absolute atomic E-state index is 0.0606. The number of carbonyl (C=O) groups excluding carboxylic acids is 2. The van der Waals surface area contributed by atoms with Crippen molar-refractivity contribution in [3.63, 3.8) is 0 Å². The van der Waals surface area contributed by atoms with Crippen LogP contribution in [-0.4, -0.2) is 38.1 Å². The van der Waals surface area contributed by atoms with Gasteiger partial charge in [-0.15, -0.1) is 10.2 Å². The summed E-state index contributed by atoms with van der Waals surface area (Å²) in [6.45, 7) is -0.0606. The van der Waals surface area contributed by atoms with E-state index in [1.807, 2.05) is 60.8 Å². The zero-order valence-electron chi connectivity index (χ0n) is 15.3. The quantitative estimate of drug-likeness (QED) is 0.513. The fourth-order valence-electron chi connectivity index (χ4n) is 3.54. The first-order chi connectivity index (χ1) is 14.2. The molecule has 1 atom stereocenters. The fraction of sp³-hybridized carbons (Fsp3) is 0.143. The summed E-state index contributed by atoms with van der Waals surface area (Å²) >= 11 is 0. The predicted molar refractivity (Wildman–Crippen MR) is 105 cm³/mol. The molecule has 4 aromatic rings. The van der Waals surface area contributed by atoms with E-state index in [0.29, 0.717) is 12.3 Å². The SMILES string of the molecule is O=C1N[C@H](Cc2c[nH]c3ccccc23)C(=O)N1Cc1nnc(-c2ccccc2)o1. The number of urea groups is 1. The maximum absolute atomic E-state index is 12.8. The number of rotatable bonds is 5. The maximum Gasteiger partial charge on any atom is 0.325 e. The van der Waals surface area contributed by atoms with Gasteiger partial charge >= 0.3 is 6.03 Å². The van der Waals surface area contributed by atoms with Gasteiger partial charge in [-0.2, -0.15) is 0 Å². The predicted octanol–water partition coefficient (Wildman–Crippen LogP) is 2.88. The Morgan fingerprint density at radius 3 is 2.66 bits per heavy atom. The fourth-order valence-corrected chi connectivity index (χ4v) is 3.54. The normalized spacial score (nSPS) is 16.6. The van der Waals surface area contributed by atoms with Crippen LogP contribution in [0.25, 0.3) is 22.4 Å². The van der Waals surface area contributed by atoms with Crippen LogP contribution >= 0.6 is 0 Å². The largest absolute Gasteiger partial charge is 0.419 e. The standard InChI is InChI=1S/C21H17N5O3/c27-20-17(10-14-11-22-16-9-5-4-8-15(14)16)23-21(28)26(20)12-18-24-25-19(29-18)13-6-2-1-3-7-13/h1-9,11,17,22H,10,12H2,(H,23,28)/t17-/m1/s1. The summed E-state index contributed by atoms with van der Waals surface area (Å²) < 4.78 is 5.63. The van der Waals surface area contributed by atoms with E-state index in [2.05, 4.69) is 20.5 Å². The summed E-state index contributed by atoms with van der Waals surface area (Å²) in [4.78, 5) is 29.5. The number of amides is 3. The molecule has 0 radical (unpaired) electrons. The van der Waals surface area contributed by atoms with E-state index in [1.165, 1.54) is 0 Å². The van der Waals surface area contributed by atoms with Crippen molar-refractivity contribution in [1.29, 1.82) is 0 Å². The van der Waals surface area contributed by atoms with Crippen LogP contribution in [0.4, 0.5) is 4.79 Å². The Balaban J connectivity index is 1.31. The molecule has 1 aliphatic rings. The van der Waals surface area contributed by atoms with Crippen LogP contribution in [0.2, 0.25) is 0 Å². The Morgan fingerprint density at radius 2 is 1.79 bits per heavy atom. The Labute approximate surface area is 165 Å². The summed E-state index contributed by atoms with van der Waals surface area (Å²) in [6.07, 6.45) is 2.28. The molecule has 0 spiro atoms. The zero-order valence-corrected chi connectivity index (χ0v) is 15.3. The smallest absolute Gasteiger partial charge is 0.325 e. The number of nitrogens with zero attached hydrogens (tertiary/aromatic N) is 3. The first-order valence-electron chi connectivity index (χ1n) is 9.24. The lowest BCUT2D eigenvalue weighted by Gasteiger charge is -2.10. The Hall–Kier alpha value is -3.94. The van der Waals surface area contributed by atoms with Gasteiger partial charge in [0.15, 0.2) is 0 Å². The first kappa shape index (κ1) is 17.2. The molecule has 5 rings (SSSR count). The highest BCUT2D eigenvalue weighted by molar-refractivity contribution is 6.04. The van der Waals surface area contributed by atoms with Crippen LogP contribution in [0, 0.1) is 0 Å². The first-order valence-corrected chi connectivity index (χ1v) is 9.24. The van der Waals surface area contributed by atoms with E-state index >= 15 is 0 Å². The Kier molecular flexibility index (Phi) is 4.09. The highest BCUT2D eigenvalue weighted by atomic mass is 16.4. The summed E-state index contributed by atoms with van der Waals surface area (Å²) in [5.41, 5.74) is 2.75. The van der Waals surface area contributed by atoms with E-state index in [-0.39, 0.29) is 18.3 Å². The van der Waals surface area contributed by atoms with Gasteiger partial charge in [0.1, 0.15) is 12.6 Å². The van der Waals surface area contributed by atoms with Gasteiger partial charge in [-0.25, -0.2) is 4.79 Å². The monoisotopic (exact) mass is 387 g/mol. The van der Waals surface area contributed by atoms with Gasteiger partial charge in [-0.3, -0.25) is 9.69 Å². The average molecular weight is 387 g/mol. The Bertz CT molecular complexity index is 1200. The number of para-hydroxylation sites is 1. The number of benzene rings is 2. The average Bonchev–Trinajstić information content (AvgIpc) is 3.45. The number of H-pyrrole nitrogens is 1. The number of carbonyl (C=O) groups is 2. The third-order valence-corrected chi connectivity index (χ3v) is 4.99. The summed E-state index contributed by atoms with van der Waals surface area (Å²) in [5, 5.41) is 11.8. The minimum atomic E-state index is -0.627. The van der Waals surface area contributed by atoms with E-state index in [1.54, 1.807) is 0 Å². The number of hydrogen-bond acceptors (Lipinski definition) is 5. The highest BCUT2D eigenvalue weighted by Crippen LogP contribution is 2.22.